The van der Waals surface area contributed by atoms with Crippen molar-refractivity contribution in [3.63, 3.8) is 0 Å². The summed E-state index contributed by atoms with van der Waals surface area (Å²) in [5, 5.41) is 9.28. The molecule has 0 spiro atoms. The number of aliphatic hydroxyl groups excluding tert-OH is 1. The van der Waals surface area contributed by atoms with Gasteiger partial charge in [0.2, 0.25) is 0 Å². The number of rotatable bonds is 4. The molecular formula is C10H20NO3+. The zero-order chi connectivity index (χ0) is 10.4. The van der Waals surface area contributed by atoms with Crippen LogP contribution in [-0.2, 0) is 4.74 Å². The fourth-order valence-corrected chi connectivity index (χ4v) is 1.29. The summed E-state index contributed by atoms with van der Waals surface area (Å²) >= 11 is 0. The molecule has 1 aliphatic rings. The van der Waals surface area contributed by atoms with Crippen LogP contribution in [0.15, 0.2) is 11.5 Å². The molecular weight excluding hydrogens is 182 g/mol. The molecule has 1 rings (SSSR count). The first-order valence-electron chi connectivity index (χ1n) is 5.05. The lowest BCUT2D eigenvalue weighted by atomic mass is 10.4. The van der Waals surface area contributed by atoms with Gasteiger partial charge in [-0.3, -0.25) is 4.90 Å². The van der Waals surface area contributed by atoms with Crippen molar-refractivity contribution in [2.24, 2.45) is 0 Å². The summed E-state index contributed by atoms with van der Waals surface area (Å²) in [5.74, 6) is 0.0618. The molecule has 0 atom stereocenters. The first kappa shape index (κ1) is 11.3. The smallest absolute Gasteiger partial charge is 0.275 e. The van der Waals surface area contributed by atoms with Gasteiger partial charge in [0, 0.05) is 12.1 Å². The van der Waals surface area contributed by atoms with E-state index in [1.54, 1.807) is 0 Å². The van der Waals surface area contributed by atoms with Gasteiger partial charge in [-0.05, 0) is 13.8 Å². The van der Waals surface area contributed by atoms with Gasteiger partial charge < -0.3 is 14.6 Å². The second-order valence-electron chi connectivity index (χ2n) is 3.67. The number of hydrogen-bond donors (Lipinski definition) is 1. The number of hydrogen-bond acceptors (Lipinski definition) is 3. The minimum absolute atomic E-state index is 0.0618. The average Bonchev–Trinajstić information content (AvgIpc) is 2.19. The van der Waals surface area contributed by atoms with Gasteiger partial charge in [0.25, 0.3) is 5.95 Å². The van der Waals surface area contributed by atoms with Gasteiger partial charge in [-0.2, -0.15) is 0 Å². The zero-order valence-electron chi connectivity index (χ0n) is 8.99. The van der Waals surface area contributed by atoms with E-state index in [1.165, 1.54) is 0 Å². The van der Waals surface area contributed by atoms with Crippen molar-refractivity contribution < 1.29 is 14.6 Å². The standard InChI is InChI=1S/C10H19NO3/c1-9(2)10(12)14-8-5-11-3-6-13-7-4-11/h12H,3-8H2,1-2H3/p+1. The first-order valence-corrected chi connectivity index (χ1v) is 5.05. The molecule has 0 aromatic heterocycles. The van der Waals surface area contributed by atoms with Crippen LogP contribution in [0.1, 0.15) is 13.8 Å². The zero-order valence-corrected chi connectivity index (χ0v) is 8.99. The Labute approximate surface area is 85.1 Å². The Morgan fingerprint density at radius 3 is 2.57 bits per heavy atom. The Hall–Kier alpha value is -0.740. The molecule has 0 bridgehead atoms. The topological polar surface area (TPSA) is 45.5 Å². The number of allylic oxidation sites excluding steroid dienone is 1. The van der Waals surface area contributed by atoms with E-state index in [9.17, 15) is 5.11 Å². The third-order valence-electron chi connectivity index (χ3n) is 2.22. The quantitative estimate of drug-likeness (QED) is 0.538. The summed E-state index contributed by atoms with van der Waals surface area (Å²) in [7, 11) is 0. The van der Waals surface area contributed by atoms with Crippen LogP contribution >= 0.6 is 0 Å². The minimum Gasteiger partial charge on any atom is -0.481 e. The van der Waals surface area contributed by atoms with Crippen molar-refractivity contribution in [2.45, 2.75) is 13.8 Å². The van der Waals surface area contributed by atoms with E-state index in [0.29, 0.717) is 6.61 Å². The third-order valence-corrected chi connectivity index (χ3v) is 2.22. The van der Waals surface area contributed by atoms with Gasteiger partial charge in [0.05, 0.1) is 13.1 Å². The van der Waals surface area contributed by atoms with Gasteiger partial charge in [-0.15, -0.1) is 0 Å². The maximum Gasteiger partial charge on any atom is 0.275 e. The molecule has 4 heteroatoms. The van der Waals surface area contributed by atoms with Crippen LogP contribution in [0.5, 0.6) is 0 Å². The van der Waals surface area contributed by atoms with Crippen molar-refractivity contribution in [3.8, 4) is 0 Å². The number of ether oxygens (including phenoxy) is 2. The third kappa shape index (κ3) is 3.98. The van der Waals surface area contributed by atoms with Gasteiger partial charge in [0.1, 0.15) is 6.61 Å². The van der Waals surface area contributed by atoms with Crippen molar-refractivity contribution >= 4 is 0 Å². The van der Waals surface area contributed by atoms with Gasteiger partial charge in [-0.1, -0.05) is 0 Å². The SMILES string of the molecule is CC(C)=C(O)OCCN1CC[OH+]CC1. The van der Waals surface area contributed by atoms with Crippen molar-refractivity contribution in [2.75, 3.05) is 39.5 Å². The minimum atomic E-state index is 0.0618. The lowest BCUT2D eigenvalue weighted by molar-refractivity contribution is -0.0937. The summed E-state index contributed by atoms with van der Waals surface area (Å²) < 4.78 is 9.43. The summed E-state index contributed by atoms with van der Waals surface area (Å²) in [4.78, 5) is 2.30. The second-order valence-corrected chi connectivity index (χ2v) is 3.67. The number of aliphatic hydroxyl groups is 3. The van der Waals surface area contributed by atoms with E-state index in [0.717, 1.165) is 38.4 Å². The Bertz CT molecular complexity index is 194. The Morgan fingerprint density at radius 2 is 2.00 bits per heavy atom. The molecule has 0 amide bonds. The van der Waals surface area contributed by atoms with E-state index < -0.39 is 0 Å². The van der Waals surface area contributed by atoms with Crippen molar-refractivity contribution in [1.82, 2.24) is 4.90 Å². The predicted octanol–water partition coefficient (Wildman–Crippen LogP) is 0.656. The van der Waals surface area contributed by atoms with E-state index in [2.05, 4.69) is 9.64 Å². The van der Waals surface area contributed by atoms with E-state index >= 15 is 0 Å². The summed E-state index contributed by atoms with van der Waals surface area (Å²) in [6.07, 6.45) is 0. The Kier molecular flexibility index (Phi) is 4.76. The maximum absolute atomic E-state index is 9.28. The lowest BCUT2D eigenvalue weighted by Crippen LogP contribution is -2.39. The highest BCUT2D eigenvalue weighted by molar-refractivity contribution is 4.93. The molecule has 1 aliphatic heterocycles. The highest BCUT2D eigenvalue weighted by Crippen LogP contribution is 2.01. The first-order chi connectivity index (χ1) is 6.70. The van der Waals surface area contributed by atoms with Crippen LogP contribution in [0.3, 0.4) is 0 Å². The average molecular weight is 202 g/mol. The highest BCUT2D eigenvalue weighted by atomic mass is 16.6. The molecule has 2 N–H and O–H groups in total. The summed E-state index contributed by atoms with van der Waals surface area (Å²) in [6, 6.07) is 0. The van der Waals surface area contributed by atoms with Gasteiger partial charge >= 0.3 is 0 Å². The fourth-order valence-electron chi connectivity index (χ4n) is 1.29. The number of morpholine rings is 1. The van der Waals surface area contributed by atoms with Gasteiger partial charge in [0.15, 0.2) is 13.2 Å². The van der Waals surface area contributed by atoms with Crippen molar-refractivity contribution in [1.29, 1.82) is 0 Å². The number of nitrogens with zero attached hydrogens (tertiary/aromatic N) is 1. The van der Waals surface area contributed by atoms with Crippen LogP contribution < -0.4 is 0 Å². The van der Waals surface area contributed by atoms with E-state index in [4.69, 9.17) is 4.74 Å². The van der Waals surface area contributed by atoms with Crippen LogP contribution in [0, 0.1) is 0 Å². The predicted molar refractivity (Wildman–Crippen MR) is 55.3 cm³/mol. The van der Waals surface area contributed by atoms with Crippen molar-refractivity contribution in [3.05, 3.63) is 11.5 Å². The monoisotopic (exact) mass is 202 g/mol. The fraction of sp³-hybridized carbons (Fsp3) is 0.800. The van der Waals surface area contributed by atoms with Crippen LogP contribution in [0.2, 0.25) is 0 Å². The molecule has 0 aromatic carbocycles. The van der Waals surface area contributed by atoms with Gasteiger partial charge in [-0.25, -0.2) is 0 Å². The molecule has 0 unspecified atom stereocenters. The Balaban J connectivity index is 2.11. The van der Waals surface area contributed by atoms with E-state index in [-0.39, 0.29) is 5.95 Å². The molecule has 1 fully saturated rings. The molecule has 14 heavy (non-hydrogen) atoms. The molecule has 4 nitrogen and oxygen atoms in total. The molecule has 1 heterocycles. The highest BCUT2D eigenvalue weighted by Gasteiger charge is 2.12. The van der Waals surface area contributed by atoms with E-state index in [1.807, 2.05) is 13.8 Å². The summed E-state index contributed by atoms with van der Waals surface area (Å²) in [6.45, 7) is 8.95. The molecule has 0 aliphatic carbocycles. The normalized spacial score (nSPS) is 17.9. The molecule has 0 aromatic rings. The van der Waals surface area contributed by atoms with Crippen LogP contribution in [0.25, 0.3) is 0 Å². The molecule has 0 radical (unpaired) electrons. The summed E-state index contributed by atoms with van der Waals surface area (Å²) in [5.41, 5.74) is 0.818. The second kappa shape index (κ2) is 5.88. The molecule has 82 valence electrons. The van der Waals surface area contributed by atoms with Crippen LogP contribution in [0.4, 0.5) is 0 Å². The Morgan fingerprint density at radius 1 is 1.36 bits per heavy atom. The maximum atomic E-state index is 9.28. The molecule has 0 saturated carbocycles. The van der Waals surface area contributed by atoms with Crippen LogP contribution in [-0.4, -0.2) is 54.2 Å². The lowest BCUT2D eigenvalue weighted by Gasteiger charge is -2.23. The largest absolute Gasteiger partial charge is 0.481 e. The molecule has 1 saturated heterocycles.